The fourth-order valence-corrected chi connectivity index (χ4v) is 2.35. The van der Waals surface area contributed by atoms with Crippen LogP contribution in [0.3, 0.4) is 0 Å². The van der Waals surface area contributed by atoms with Crippen molar-refractivity contribution in [1.82, 2.24) is 5.32 Å². The number of hydrogen-bond acceptors (Lipinski definition) is 4. The second-order valence-corrected chi connectivity index (χ2v) is 5.31. The van der Waals surface area contributed by atoms with Crippen LogP contribution in [0.5, 0.6) is 5.75 Å². The first-order chi connectivity index (χ1) is 10.1. The molecule has 0 aromatic heterocycles. The number of hydrogen-bond donors (Lipinski definition) is 1. The Morgan fingerprint density at radius 3 is 2.71 bits per heavy atom. The molecular formula is C17H27NO3. The van der Waals surface area contributed by atoms with Gasteiger partial charge in [-0.25, -0.2) is 0 Å². The van der Waals surface area contributed by atoms with E-state index in [9.17, 15) is 4.79 Å². The number of nitrogens with one attached hydrogen (secondary N) is 1. The molecule has 4 nitrogen and oxygen atoms in total. The molecular weight excluding hydrogens is 266 g/mol. The highest BCUT2D eigenvalue weighted by atomic mass is 16.5. The fraction of sp³-hybridized carbons (Fsp3) is 0.588. The molecule has 0 saturated carbocycles. The maximum atomic E-state index is 11.8. The number of benzene rings is 1. The summed E-state index contributed by atoms with van der Waals surface area (Å²) in [4.78, 5) is 11.8. The highest BCUT2D eigenvalue weighted by molar-refractivity contribution is 5.80. The smallest absolute Gasteiger partial charge is 0.325 e. The maximum absolute atomic E-state index is 11.8. The third-order valence-corrected chi connectivity index (χ3v) is 3.60. The molecule has 0 saturated heterocycles. The number of rotatable bonds is 9. The molecule has 118 valence electrons. The average molecular weight is 293 g/mol. The van der Waals surface area contributed by atoms with Crippen LogP contribution in [-0.4, -0.2) is 31.8 Å². The third kappa shape index (κ3) is 5.38. The minimum atomic E-state index is -0.641. The van der Waals surface area contributed by atoms with E-state index >= 15 is 0 Å². The van der Waals surface area contributed by atoms with Crippen molar-refractivity contribution in [3.8, 4) is 5.75 Å². The second kappa shape index (κ2) is 8.67. The van der Waals surface area contributed by atoms with Gasteiger partial charge >= 0.3 is 5.97 Å². The van der Waals surface area contributed by atoms with Crippen molar-refractivity contribution in [1.29, 1.82) is 0 Å². The number of esters is 1. The van der Waals surface area contributed by atoms with Crippen molar-refractivity contribution in [2.24, 2.45) is 0 Å². The van der Waals surface area contributed by atoms with Gasteiger partial charge in [0.05, 0.1) is 13.7 Å². The monoisotopic (exact) mass is 293 g/mol. The lowest BCUT2D eigenvalue weighted by Crippen LogP contribution is -2.50. The molecule has 4 heteroatoms. The van der Waals surface area contributed by atoms with Gasteiger partial charge < -0.3 is 14.8 Å². The molecule has 0 aliphatic rings. The molecule has 1 N–H and O–H groups in total. The van der Waals surface area contributed by atoms with Gasteiger partial charge in [-0.15, -0.1) is 0 Å². The van der Waals surface area contributed by atoms with Gasteiger partial charge in [0, 0.05) is 0 Å². The number of carbonyl (C=O) groups is 1. The molecule has 0 radical (unpaired) electrons. The van der Waals surface area contributed by atoms with Crippen LogP contribution >= 0.6 is 0 Å². The largest absolute Gasteiger partial charge is 0.494 e. The summed E-state index contributed by atoms with van der Waals surface area (Å²) < 4.78 is 10.6. The number of likely N-dealkylation sites (N-methyl/N-ethyl adjacent to an activating group) is 1. The van der Waals surface area contributed by atoms with Crippen LogP contribution in [0.25, 0.3) is 0 Å². The van der Waals surface area contributed by atoms with Gasteiger partial charge in [0.25, 0.3) is 0 Å². The first-order valence-electron chi connectivity index (χ1n) is 7.61. The highest BCUT2D eigenvalue weighted by Gasteiger charge is 2.32. The Hall–Kier alpha value is -1.55. The zero-order chi connectivity index (χ0) is 15.7. The summed E-state index contributed by atoms with van der Waals surface area (Å²) in [7, 11) is 1.42. The first kappa shape index (κ1) is 17.5. The maximum Gasteiger partial charge on any atom is 0.325 e. The summed E-state index contributed by atoms with van der Waals surface area (Å²) >= 11 is 0. The lowest BCUT2D eigenvalue weighted by Gasteiger charge is -2.27. The number of aryl methyl sites for hydroxylation is 1. The van der Waals surface area contributed by atoms with Crippen LogP contribution in [0.2, 0.25) is 0 Å². The van der Waals surface area contributed by atoms with Crippen LogP contribution in [0.1, 0.15) is 39.2 Å². The minimum Gasteiger partial charge on any atom is -0.494 e. The van der Waals surface area contributed by atoms with Crippen molar-refractivity contribution in [2.45, 2.75) is 45.6 Å². The zero-order valence-electron chi connectivity index (χ0n) is 13.6. The predicted molar refractivity (Wildman–Crippen MR) is 84.6 cm³/mol. The Balaban J connectivity index is 2.45. The van der Waals surface area contributed by atoms with Gasteiger partial charge in [0.2, 0.25) is 0 Å². The minimum absolute atomic E-state index is 0.225. The molecule has 1 aromatic rings. The Morgan fingerprint density at radius 2 is 2.10 bits per heavy atom. The van der Waals surface area contributed by atoms with Crippen LogP contribution in [0.15, 0.2) is 24.3 Å². The molecule has 0 aliphatic heterocycles. The lowest BCUT2D eigenvalue weighted by molar-refractivity contribution is -0.148. The van der Waals surface area contributed by atoms with E-state index in [-0.39, 0.29) is 5.97 Å². The van der Waals surface area contributed by atoms with E-state index in [2.05, 4.69) is 24.4 Å². The summed E-state index contributed by atoms with van der Waals surface area (Å²) in [6.07, 6.45) is 2.47. The lowest BCUT2D eigenvalue weighted by atomic mass is 9.96. The summed E-state index contributed by atoms with van der Waals surface area (Å²) in [5.74, 6) is 0.662. The third-order valence-electron chi connectivity index (χ3n) is 3.60. The van der Waals surface area contributed by atoms with Crippen LogP contribution in [0, 0.1) is 0 Å². The van der Waals surface area contributed by atoms with Gasteiger partial charge in [-0.3, -0.25) is 4.79 Å². The highest BCUT2D eigenvalue weighted by Crippen LogP contribution is 2.17. The van der Waals surface area contributed by atoms with E-state index < -0.39 is 5.54 Å². The van der Waals surface area contributed by atoms with Crippen molar-refractivity contribution in [3.63, 3.8) is 0 Å². The van der Waals surface area contributed by atoms with E-state index in [1.165, 1.54) is 12.7 Å². The van der Waals surface area contributed by atoms with Crippen LogP contribution in [0.4, 0.5) is 0 Å². The molecule has 1 atom stereocenters. The van der Waals surface area contributed by atoms with Crippen molar-refractivity contribution < 1.29 is 14.3 Å². The number of carbonyl (C=O) groups excluding carboxylic acids is 1. The van der Waals surface area contributed by atoms with Crippen molar-refractivity contribution in [3.05, 3.63) is 29.8 Å². The van der Waals surface area contributed by atoms with Gasteiger partial charge in [-0.05, 0) is 50.4 Å². The van der Waals surface area contributed by atoms with E-state index in [0.717, 1.165) is 25.1 Å². The molecule has 21 heavy (non-hydrogen) atoms. The van der Waals surface area contributed by atoms with Crippen molar-refractivity contribution >= 4 is 5.97 Å². The van der Waals surface area contributed by atoms with E-state index in [1.54, 1.807) is 0 Å². The van der Waals surface area contributed by atoms with E-state index in [4.69, 9.17) is 9.47 Å². The average Bonchev–Trinajstić information content (AvgIpc) is 2.51. The molecule has 1 aromatic carbocycles. The molecule has 0 bridgehead atoms. The van der Waals surface area contributed by atoms with E-state index in [1.807, 2.05) is 26.0 Å². The van der Waals surface area contributed by atoms with Crippen molar-refractivity contribution in [2.75, 3.05) is 20.3 Å². The molecule has 1 unspecified atom stereocenters. The summed E-state index contributed by atoms with van der Waals surface area (Å²) in [6.45, 7) is 7.29. The summed E-state index contributed by atoms with van der Waals surface area (Å²) in [5.41, 5.74) is 0.623. The Labute approximate surface area is 127 Å². The zero-order valence-corrected chi connectivity index (χ0v) is 13.6. The van der Waals surface area contributed by atoms with Gasteiger partial charge in [0.1, 0.15) is 11.3 Å². The Morgan fingerprint density at radius 1 is 1.33 bits per heavy atom. The van der Waals surface area contributed by atoms with Gasteiger partial charge in [0.15, 0.2) is 0 Å². The molecule has 0 fully saturated rings. The summed E-state index contributed by atoms with van der Waals surface area (Å²) in [6, 6.07) is 8.12. The van der Waals surface area contributed by atoms with Gasteiger partial charge in [-0.1, -0.05) is 26.0 Å². The number of methoxy groups -OCH3 is 1. The number of ether oxygens (including phenoxy) is 2. The SMILES string of the molecule is CCNC(C)(CCCOc1cccc(CC)c1)C(=O)OC. The predicted octanol–water partition coefficient (Wildman–Crippen LogP) is 2.95. The standard InChI is InChI=1S/C17H27NO3/c1-5-14-9-7-10-15(13-14)21-12-8-11-17(3,18-6-2)16(19)20-4/h7,9-10,13,18H,5-6,8,11-12H2,1-4H3. The molecule has 0 spiro atoms. The quantitative estimate of drug-likeness (QED) is 0.562. The van der Waals surface area contributed by atoms with Crippen LogP contribution < -0.4 is 10.1 Å². The van der Waals surface area contributed by atoms with Crippen LogP contribution in [-0.2, 0) is 16.0 Å². The molecule has 0 heterocycles. The van der Waals surface area contributed by atoms with Gasteiger partial charge in [-0.2, -0.15) is 0 Å². The first-order valence-corrected chi connectivity index (χ1v) is 7.61. The molecule has 0 amide bonds. The molecule has 1 rings (SSSR count). The fourth-order valence-electron chi connectivity index (χ4n) is 2.35. The molecule has 0 aliphatic carbocycles. The Kier molecular flexibility index (Phi) is 7.23. The second-order valence-electron chi connectivity index (χ2n) is 5.31. The topological polar surface area (TPSA) is 47.6 Å². The summed E-state index contributed by atoms with van der Waals surface area (Å²) in [5, 5.41) is 3.20. The Bertz CT molecular complexity index is 447. The normalized spacial score (nSPS) is 13.5. The van der Waals surface area contributed by atoms with E-state index in [0.29, 0.717) is 13.0 Å².